The molecule has 1 amide bonds. The van der Waals surface area contributed by atoms with E-state index >= 15 is 0 Å². The van der Waals surface area contributed by atoms with Crippen LogP contribution < -0.4 is 29.8 Å². The molecule has 0 aliphatic carbocycles. The minimum atomic E-state index is -0.661. The number of allylic oxidation sites excluding steroid dienone is 1. The Morgan fingerprint density at radius 1 is 1.02 bits per heavy atom. The van der Waals surface area contributed by atoms with Gasteiger partial charge in [0.05, 0.1) is 29.0 Å². The van der Waals surface area contributed by atoms with Gasteiger partial charge in [0.15, 0.2) is 4.80 Å². The highest BCUT2D eigenvalue weighted by molar-refractivity contribution is 7.07. The quantitative estimate of drug-likeness (QED) is 0.365. The summed E-state index contributed by atoms with van der Waals surface area (Å²) >= 11 is 1.35. The zero-order valence-electron chi connectivity index (χ0n) is 23.4. The Bertz CT molecular complexity index is 1830. The van der Waals surface area contributed by atoms with Crippen LogP contribution in [0.15, 0.2) is 93.9 Å². The summed E-state index contributed by atoms with van der Waals surface area (Å²) in [5, 5.41) is 2.99. The zero-order chi connectivity index (χ0) is 28.5. The number of hydrogen-bond acceptors (Lipinski definition) is 6. The van der Waals surface area contributed by atoms with E-state index in [1.54, 1.807) is 11.7 Å². The largest absolute Gasteiger partial charge is 0.497 e. The summed E-state index contributed by atoms with van der Waals surface area (Å²) in [6, 6.07) is 22.6. The van der Waals surface area contributed by atoms with Crippen LogP contribution in [-0.2, 0) is 4.79 Å². The molecule has 1 fully saturated rings. The number of nitrogens with one attached hydrogen (secondary N) is 1. The van der Waals surface area contributed by atoms with Gasteiger partial charge in [-0.3, -0.25) is 14.2 Å². The number of anilines is 2. The highest BCUT2D eigenvalue weighted by Crippen LogP contribution is 2.32. The lowest BCUT2D eigenvalue weighted by molar-refractivity contribution is -0.113. The third-order valence-corrected chi connectivity index (χ3v) is 8.70. The number of benzene rings is 3. The molecule has 8 heteroatoms. The first-order valence-corrected chi connectivity index (χ1v) is 14.6. The molecule has 7 nitrogen and oxygen atoms in total. The van der Waals surface area contributed by atoms with E-state index in [0.717, 1.165) is 29.8 Å². The summed E-state index contributed by atoms with van der Waals surface area (Å²) in [6.45, 7) is 6.07. The van der Waals surface area contributed by atoms with Crippen molar-refractivity contribution in [3.8, 4) is 5.75 Å². The fourth-order valence-electron chi connectivity index (χ4n) is 5.59. The van der Waals surface area contributed by atoms with Gasteiger partial charge in [-0.1, -0.05) is 47.7 Å². The molecule has 1 aromatic heterocycles. The van der Waals surface area contributed by atoms with E-state index in [-0.39, 0.29) is 11.5 Å². The van der Waals surface area contributed by atoms with E-state index in [2.05, 4.69) is 35.3 Å². The zero-order valence-corrected chi connectivity index (χ0v) is 24.2. The number of carbonyl (C=O) groups excluding carboxylic acids is 1. The number of ether oxygens (including phenoxy) is 1. The molecule has 0 unspecified atom stereocenters. The molecule has 2 aliphatic heterocycles. The number of fused-ring (bicyclic) bond motifs is 1. The Morgan fingerprint density at radius 2 is 1.80 bits per heavy atom. The fraction of sp³-hybridized carbons (Fsp3) is 0.242. The number of hydrogen-bond donors (Lipinski definition) is 1. The first-order valence-electron chi connectivity index (χ1n) is 13.8. The topological polar surface area (TPSA) is 75.9 Å². The molecule has 0 bridgehead atoms. The molecule has 1 atom stereocenters. The van der Waals surface area contributed by atoms with Gasteiger partial charge in [0.25, 0.3) is 11.5 Å². The Kier molecular flexibility index (Phi) is 7.32. The van der Waals surface area contributed by atoms with E-state index in [4.69, 9.17) is 9.73 Å². The lowest BCUT2D eigenvalue weighted by atomic mass is 9.95. The van der Waals surface area contributed by atoms with Crippen LogP contribution in [0.3, 0.4) is 0 Å². The second-order valence-electron chi connectivity index (χ2n) is 10.4. The van der Waals surface area contributed by atoms with Crippen LogP contribution in [0.5, 0.6) is 5.75 Å². The van der Waals surface area contributed by atoms with Crippen molar-refractivity contribution in [1.29, 1.82) is 0 Å². The van der Waals surface area contributed by atoms with Gasteiger partial charge in [-0.2, -0.15) is 0 Å². The van der Waals surface area contributed by atoms with Crippen LogP contribution in [0, 0.1) is 6.92 Å². The smallest absolute Gasteiger partial charge is 0.271 e. The Labute approximate surface area is 242 Å². The van der Waals surface area contributed by atoms with Crippen molar-refractivity contribution in [2.45, 2.75) is 32.7 Å². The van der Waals surface area contributed by atoms with Gasteiger partial charge in [0.1, 0.15) is 5.75 Å². The molecule has 1 saturated heterocycles. The maximum absolute atomic E-state index is 14.1. The Morgan fingerprint density at radius 3 is 2.54 bits per heavy atom. The second kappa shape index (κ2) is 11.2. The number of amides is 1. The van der Waals surface area contributed by atoms with Crippen LogP contribution in [0.1, 0.15) is 42.5 Å². The number of rotatable bonds is 6. The van der Waals surface area contributed by atoms with E-state index in [1.807, 2.05) is 67.6 Å². The monoisotopic (exact) mass is 564 g/mol. The van der Waals surface area contributed by atoms with Crippen molar-refractivity contribution in [1.82, 2.24) is 4.57 Å². The van der Waals surface area contributed by atoms with Crippen LogP contribution in [0.2, 0.25) is 0 Å². The van der Waals surface area contributed by atoms with Crippen molar-refractivity contribution in [2.75, 3.05) is 30.4 Å². The van der Waals surface area contributed by atoms with Gasteiger partial charge >= 0.3 is 0 Å². The lowest BCUT2D eigenvalue weighted by Gasteiger charge is -2.25. The van der Waals surface area contributed by atoms with E-state index in [0.29, 0.717) is 32.0 Å². The average molecular weight is 565 g/mol. The van der Waals surface area contributed by atoms with Gasteiger partial charge in [-0.25, -0.2) is 4.99 Å². The maximum Gasteiger partial charge on any atom is 0.271 e. The molecule has 0 saturated carbocycles. The van der Waals surface area contributed by atoms with Gasteiger partial charge < -0.3 is 15.0 Å². The van der Waals surface area contributed by atoms with Crippen molar-refractivity contribution >= 4 is 34.7 Å². The molecule has 6 rings (SSSR count). The predicted octanol–water partition coefficient (Wildman–Crippen LogP) is 4.79. The third-order valence-electron chi connectivity index (χ3n) is 7.72. The number of nitrogens with zero attached hydrogens (tertiary/aromatic N) is 3. The number of carbonyl (C=O) groups is 1. The molecular formula is C33H32N4O3S. The summed E-state index contributed by atoms with van der Waals surface area (Å²) in [7, 11) is 1.60. The van der Waals surface area contributed by atoms with Gasteiger partial charge in [-0.05, 0) is 85.9 Å². The molecule has 0 radical (unpaired) electrons. The molecule has 3 aromatic carbocycles. The summed E-state index contributed by atoms with van der Waals surface area (Å²) < 4.78 is 7.71. The number of para-hydroxylation sites is 1. The highest BCUT2D eigenvalue weighted by Gasteiger charge is 2.32. The molecular weight excluding hydrogens is 532 g/mol. The van der Waals surface area contributed by atoms with Gasteiger partial charge in [0.2, 0.25) is 0 Å². The number of methoxy groups -OCH3 is 1. The van der Waals surface area contributed by atoms with Crippen molar-refractivity contribution in [3.63, 3.8) is 0 Å². The van der Waals surface area contributed by atoms with E-state index in [1.165, 1.54) is 29.9 Å². The molecule has 208 valence electrons. The van der Waals surface area contributed by atoms with Crippen LogP contribution in [0.4, 0.5) is 11.4 Å². The minimum Gasteiger partial charge on any atom is -0.497 e. The SMILES string of the molecule is COc1cccc([C@@H]2C(C(=O)Nc3ccccc3)=C(C)N=c3s/c(=C/c4ccc(N5CCCC5)cc4C)c(=O)n32)c1. The average Bonchev–Trinajstić information content (AvgIpc) is 3.62. The first-order chi connectivity index (χ1) is 19.9. The summed E-state index contributed by atoms with van der Waals surface area (Å²) in [4.78, 5) is 35.5. The normalized spacial score (nSPS) is 16.9. The fourth-order valence-corrected chi connectivity index (χ4v) is 6.63. The molecule has 0 spiro atoms. The summed E-state index contributed by atoms with van der Waals surface area (Å²) in [6.07, 6.45) is 4.39. The lowest BCUT2D eigenvalue weighted by Crippen LogP contribution is -2.40. The number of thiazole rings is 1. The number of aryl methyl sites for hydroxylation is 1. The van der Waals surface area contributed by atoms with Crippen molar-refractivity contribution in [2.24, 2.45) is 4.99 Å². The minimum absolute atomic E-state index is 0.179. The molecule has 1 N–H and O–H groups in total. The van der Waals surface area contributed by atoms with Gasteiger partial charge in [0, 0.05) is 24.5 Å². The number of aromatic nitrogens is 1. The molecule has 2 aliphatic rings. The predicted molar refractivity (Wildman–Crippen MR) is 164 cm³/mol. The second-order valence-corrected chi connectivity index (χ2v) is 11.4. The summed E-state index contributed by atoms with van der Waals surface area (Å²) in [5.74, 6) is 0.351. The van der Waals surface area contributed by atoms with E-state index in [9.17, 15) is 9.59 Å². The van der Waals surface area contributed by atoms with Crippen LogP contribution in [-0.4, -0.2) is 30.7 Å². The van der Waals surface area contributed by atoms with Crippen molar-refractivity contribution < 1.29 is 9.53 Å². The third kappa shape index (κ3) is 5.23. The van der Waals surface area contributed by atoms with Gasteiger partial charge in [-0.15, -0.1) is 0 Å². The highest BCUT2D eigenvalue weighted by atomic mass is 32.1. The standard InChI is InChI=1S/C33H32N4O3S/c1-21-18-26(36-16-7-8-17-36)15-14-23(21)20-28-32(39)37-30(24-10-9-13-27(19-24)40-3)29(22(2)34-33(37)41-28)31(38)35-25-11-5-4-6-12-25/h4-6,9-15,18-20,30H,7-8,16-17H2,1-3H3,(H,35,38)/b28-20+/t30-/m1/s1. The maximum atomic E-state index is 14.1. The Hall–Kier alpha value is -4.43. The van der Waals surface area contributed by atoms with E-state index < -0.39 is 6.04 Å². The molecule has 3 heterocycles. The summed E-state index contributed by atoms with van der Waals surface area (Å²) in [5.41, 5.74) is 5.60. The molecule has 4 aromatic rings. The van der Waals surface area contributed by atoms with Crippen LogP contribution in [0.25, 0.3) is 6.08 Å². The molecule has 41 heavy (non-hydrogen) atoms. The van der Waals surface area contributed by atoms with Crippen LogP contribution >= 0.6 is 11.3 Å². The Balaban J connectivity index is 1.46. The van der Waals surface area contributed by atoms with Crippen molar-refractivity contribution in [3.05, 3.63) is 120 Å². The first kappa shape index (κ1) is 26.8.